The number of hydrogen-bond donors (Lipinski definition) is 1. The molecule has 1 aliphatic rings. The molecule has 1 N–H and O–H groups in total. The largest absolute Gasteiger partial charge is 0.320 e. The van der Waals surface area contributed by atoms with Gasteiger partial charge < -0.3 is 5.32 Å². The third-order valence-electron chi connectivity index (χ3n) is 6.45. The molecule has 0 aliphatic carbocycles. The minimum atomic E-state index is -0.737. The molecule has 4 aromatic carbocycles. The molecule has 0 atom stereocenters. The average molecular weight is 582 g/mol. The molecular weight excluding hydrogens is 562 g/mol. The fraction of sp³-hybridized carbons (Fsp3) is 0.0345. The topological polar surface area (TPSA) is 132 Å². The first-order valence-corrected chi connectivity index (χ1v) is 13.9. The highest BCUT2D eigenvalue weighted by molar-refractivity contribution is 7.99. The van der Waals surface area contributed by atoms with Crippen molar-refractivity contribution in [2.45, 2.75) is 16.7 Å². The number of benzene rings is 4. The van der Waals surface area contributed by atoms with Crippen LogP contribution in [0.15, 0.2) is 101 Å². The summed E-state index contributed by atoms with van der Waals surface area (Å²) >= 11 is 2.71. The van der Waals surface area contributed by atoms with Gasteiger partial charge in [0, 0.05) is 32.4 Å². The highest BCUT2D eigenvalue weighted by Gasteiger charge is 2.34. The first-order valence-electron chi connectivity index (χ1n) is 12.3. The van der Waals surface area contributed by atoms with Crippen LogP contribution in [0.5, 0.6) is 0 Å². The first kappa shape index (κ1) is 26.2. The Morgan fingerprint density at radius 1 is 0.829 bits per heavy atom. The van der Waals surface area contributed by atoms with E-state index < -0.39 is 27.1 Å². The van der Waals surface area contributed by atoms with E-state index in [0.29, 0.717) is 17.1 Å². The Morgan fingerprint density at radius 3 is 1.93 bits per heavy atom. The number of nitrogens with one attached hydrogen (secondary N) is 1. The summed E-state index contributed by atoms with van der Waals surface area (Å²) in [5.41, 5.74) is 0.927. The van der Waals surface area contributed by atoms with Gasteiger partial charge >= 0.3 is 11.4 Å². The van der Waals surface area contributed by atoms with Gasteiger partial charge in [-0.25, -0.2) is 4.98 Å². The molecule has 1 amide bonds. The van der Waals surface area contributed by atoms with Gasteiger partial charge in [0.1, 0.15) is 0 Å². The number of anilines is 4. The summed E-state index contributed by atoms with van der Waals surface area (Å²) in [6.07, 6.45) is 0. The summed E-state index contributed by atoms with van der Waals surface area (Å²) in [6, 6.07) is 26.1. The van der Waals surface area contributed by atoms with Crippen LogP contribution in [-0.2, 0) is 0 Å². The van der Waals surface area contributed by atoms with Crippen molar-refractivity contribution in [3.05, 3.63) is 122 Å². The molecule has 12 heteroatoms. The van der Waals surface area contributed by atoms with Crippen molar-refractivity contribution >= 4 is 62.6 Å². The highest BCUT2D eigenvalue weighted by atomic mass is 32.2. The number of para-hydroxylation sites is 2. The van der Waals surface area contributed by atoms with Gasteiger partial charge in [0.2, 0.25) is 0 Å². The zero-order chi connectivity index (χ0) is 28.7. The van der Waals surface area contributed by atoms with Gasteiger partial charge in [-0.3, -0.25) is 29.9 Å². The molecule has 6 rings (SSSR count). The maximum Gasteiger partial charge on any atom is 0.300 e. The number of nitro groups is 2. The lowest BCUT2D eigenvalue weighted by atomic mass is 10.1. The summed E-state index contributed by atoms with van der Waals surface area (Å²) in [7, 11) is 0. The number of nitrogens with zero attached hydrogens (tertiary/aromatic N) is 4. The first-order chi connectivity index (χ1) is 19.8. The number of rotatable bonds is 6. The Balaban J connectivity index is 1.45. The molecule has 0 saturated heterocycles. The molecule has 0 radical (unpaired) electrons. The predicted octanol–water partition coefficient (Wildman–Crippen LogP) is 8.12. The predicted molar refractivity (Wildman–Crippen MR) is 159 cm³/mol. The number of carbonyl (C=O) groups is 1. The summed E-state index contributed by atoms with van der Waals surface area (Å²) in [4.78, 5) is 45.4. The second-order valence-corrected chi connectivity index (χ2v) is 11.3. The van der Waals surface area contributed by atoms with Crippen molar-refractivity contribution in [2.75, 3.05) is 10.2 Å². The lowest BCUT2D eigenvalue weighted by molar-refractivity contribution is -0.392. The van der Waals surface area contributed by atoms with Crippen LogP contribution in [0.1, 0.15) is 15.2 Å². The van der Waals surface area contributed by atoms with E-state index in [0.717, 1.165) is 32.4 Å². The van der Waals surface area contributed by atoms with Crippen LogP contribution in [-0.4, -0.2) is 20.7 Å². The summed E-state index contributed by atoms with van der Waals surface area (Å²) in [5, 5.41) is 27.5. The van der Waals surface area contributed by atoms with Gasteiger partial charge in [-0.05, 0) is 31.2 Å². The SMILES string of the molecule is Cc1sc(Nc2c([N+](=O)[O-])cc(C(=O)N3c4ccccc4Sc4ccccc43)cc2[N+](=O)[O-])nc1-c1ccccc1. The van der Waals surface area contributed by atoms with E-state index in [4.69, 9.17) is 0 Å². The number of nitro benzene ring substituents is 2. The maximum absolute atomic E-state index is 14.0. The van der Waals surface area contributed by atoms with Crippen molar-refractivity contribution < 1.29 is 14.6 Å². The van der Waals surface area contributed by atoms with E-state index in [9.17, 15) is 25.0 Å². The minimum Gasteiger partial charge on any atom is -0.320 e. The second kappa shape index (κ2) is 10.5. The molecule has 0 saturated carbocycles. The van der Waals surface area contributed by atoms with Crippen molar-refractivity contribution in [1.29, 1.82) is 0 Å². The van der Waals surface area contributed by atoms with Crippen LogP contribution in [0.3, 0.4) is 0 Å². The standard InChI is InChI=1S/C29H19N5O5S2/c1-17-26(18-9-3-2-4-10-18)30-29(40-17)31-27-22(33(36)37)15-19(16-23(27)34(38)39)28(35)32-20-11-5-7-13-24(20)41-25-14-8-6-12-21(25)32/h2-16H,1H3,(H,30,31). The van der Waals surface area contributed by atoms with Gasteiger partial charge in [-0.1, -0.05) is 66.4 Å². The second-order valence-electron chi connectivity index (χ2n) is 9.00. The van der Waals surface area contributed by atoms with Gasteiger partial charge in [0.05, 0.1) is 32.5 Å². The Kier molecular flexibility index (Phi) is 6.69. The van der Waals surface area contributed by atoms with Crippen LogP contribution in [0.25, 0.3) is 11.3 Å². The number of amides is 1. The molecule has 41 heavy (non-hydrogen) atoms. The summed E-state index contributed by atoms with van der Waals surface area (Å²) in [5.74, 6) is -0.626. The van der Waals surface area contributed by atoms with E-state index in [2.05, 4.69) is 10.3 Å². The molecule has 1 aliphatic heterocycles. The number of thiazole rings is 1. The number of aromatic nitrogens is 1. The smallest absolute Gasteiger partial charge is 0.300 e. The Labute approximate surface area is 241 Å². The van der Waals surface area contributed by atoms with Crippen LogP contribution in [0.2, 0.25) is 0 Å². The Bertz CT molecular complexity index is 1780. The van der Waals surface area contributed by atoms with E-state index >= 15 is 0 Å². The molecule has 0 bridgehead atoms. The zero-order valence-corrected chi connectivity index (χ0v) is 22.9. The van der Waals surface area contributed by atoms with E-state index in [1.165, 1.54) is 28.0 Å². The third kappa shape index (κ3) is 4.79. The Morgan fingerprint density at radius 2 is 1.37 bits per heavy atom. The van der Waals surface area contributed by atoms with Crippen molar-refractivity contribution in [1.82, 2.24) is 4.98 Å². The molecule has 0 unspecified atom stereocenters. The van der Waals surface area contributed by atoms with Crippen molar-refractivity contribution in [2.24, 2.45) is 0 Å². The van der Waals surface area contributed by atoms with E-state index in [-0.39, 0.29) is 16.4 Å². The quantitative estimate of drug-likeness (QED) is 0.157. The number of fused-ring (bicyclic) bond motifs is 2. The summed E-state index contributed by atoms with van der Waals surface area (Å²) in [6.45, 7) is 1.85. The monoisotopic (exact) mass is 581 g/mol. The van der Waals surface area contributed by atoms with Gasteiger partial charge in [-0.2, -0.15) is 0 Å². The van der Waals surface area contributed by atoms with Gasteiger partial charge in [0.25, 0.3) is 5.91 Å². The fourth-order valence-electron chi connectivity index (χ4n) is 4.62. The van der Waals surface area contributed by atoms with E-state index in [1.54, 1.807) is 24.3 Å². The van der Waals surface area contributed by atoms with Crippen LogP contribution in [0, 0.1) is 27.2 Å². The lowest BCUT2D eigenvalue weighted by Gasteiger charge is -2.31. The molecular formula is C29H19N5O5S2. The van der Waals surface area contributed by atoms with Crippen LogP contribution in [0.4, 0.5) is 33.6 Å². The number of aryl methyl sites for hydroxylation is 1. The molecule has 0 spiro atoms. The van der Waals surface area contributed by atoms with Crippen LogP contribution < -0.4 is 10.2 Å². The average Bonchev–Trinajstić information content (AvgIpc) is 3.35. The normalized spacial score (nSPS) is 11.9. The third-order valence-corrected chi connectivity index (χ3v) is 8.46. The van der Waals surface area contributed by atoms with Crippen LogP contribution >= 0.6 is 23.1 Å². The van der Waals surface area contributed by atoms with Crippen molar-refractivity contribution in [3.8, 4) is 11.3 Å². The van der Waals surface area contributed by atoms with Gasteiger partial charge in [0.15, 0.2) is 10.8 Å². The summed E-state index contributed by atoms with van der Waals surface area (Å²) < 4.78 is 0. The Hall–Kier alpha value is -5.07. The molecule has 10 nitrogen and oxygen atoms in total. The molecule has 0 fully saturated rings. The van der Waals surface area contributed by atoms with Gasteiger partial charge in [-0.15, -0.1) is 11.3 Å². The molecule has 202 valence electrons. The molecule has 1 aromatic heterocycles. The molecule has 2 heterocycles. The molecule has 5 aromatic rings. The highest BCUT2D eigenvalue weighted by Crippen LogP contribution is 2.49. The maximum atomic E-state index is 14.0. The zero-order valence-electron chi connectivity index (χ0n) is 21.3. The fourth-order valence-corrected chi connectivity index (χ4v) is 6.52. The van der Waals surface area contributed by atoms with E-state index in [1.807, 2.05) is 61.5 Å². The number of hydrogen-bond acceptors (Lipinski definition) is 9. The lowest BCUT2D eigenvalue weighted by Crippen LogP contribution is -2.28. The van der Waals surface area contributed by atoms with Crippen molar-refractivity contribution in [3.63, 3.8) is 0 Å². The number of carbonyl (C=O) groups excluding carboxylic acids is 1. The minimum absolute atomic E-state index is 0.189.